The minimum atomic E-state index is 1.12. The number of benzene rings is 8. The maximum atomic E-state index is 2.42. The van der Waals surface area contributed by atoms with Gasteiger partial charge in [-0.3, -0.25) is 0 Å². The van der Waals surface area contributed by atoms with Crippen LogP contribution in [0.4, 0.5) is 17.1 Å². The minimum Gasteiger partial charge on any atom is -0.311 e. The summed E-state index contributed by atoms with van der Waals surface area (Å²) in [5, 5.41) is 2.50. The van der Waals surface area contributed by atoms with Crippen molar-refractivity contribution in [1.29, 1.82) is 0 Å². The molecule has 0 atom stereocenters. The summed E-state index contributed by atoms with van der Waals surface area (Å²) in [6.07, 6.45) is 0. The molecule has 9 rings (SSSR count). The summed E-state index contributed by atoms with van der Waals surface area (Å²) in [4.78, 5) is 2.33. The predicted molar refractivity (Wildman–Crippen MR) is 228 cm³/mol. The van der Waals surface area contributed by atoms with Gasteiger partial charge in [0.25, 0.3) is 0 Å². The van der Waals surface area contributed by atoms with Crippen LogP contribution in [0, 0.1) is 0 Å². The summed E-state index contributed by atoms with van der Waals surface area (Å²) in [5.41, 5.74) is 16.7. The van der Waals surface area contributed by atoms with Crippen LogP contribution in [-0.2, 0) is 0 Å². The van der Waals surface area contributed by atoms with Gasteiger partial charge < -0.3 is 9.47 Å². The topological polar surface area (TPSA) is 8.17 Å². The Morgan fingerprint density at radius 3 is 1.46 bits per heavy atom. The highest BCUT2D eigenvalue weighted by atomic mass is 15.1. The van der Waals surface area contributed by atoms with Crippen LogP contribution < -0.4 is 15.8 Å². The van der Waals surface area contributed by atoms with Crippen LogP contribution in [0.25, 0.3) is 60.9 Å². The Morgan fingerprint density at radius 2 is 0.788 bits per heavy atom. The van der Waals surface area contributed by atoms with Gasteiger partial charge in [-0.05, 0) is 100 Å². The fraction of sp³-hybridized carbons (Fsp3) is 0. The van der Waals surface area contributed by atoms with Crippen molar-refractivity contribution in [2.24, 2.45) is 0 Å². The zero-order valence-corrected chi connectivity index (χ0v) is 29.4. The van der Waals surface area contributed by atoms with Gasteiger partial charge in [0.15, 0.2) is 0 Å². The van der Waals surface area contributed by atoms with E-state index < -0.39 is 0 Å². The van der Waals surface area contributed by atoms with Crippen molar-refractivity contribution in [2.45, 2.75) is 0 Å². The third kappa shape index (κ3) is 5.89. The number of hydrogen-bond acceptors (Lipinski definition) is 1. The summed E-state index contributed by atoms with van der Waals surface area (Å²) < 4.78 is 2.42. The number of hydrogen-bond donors (Lipinski definition) is 0. The molecule has 0 radical (unpaired) electrons. The van der Waals surface area contributed by atoms with Gasteiger partial charge in [-0.2, -0.15) is 0 Å². The molecule has 1 aromatic heterocycles. The Hall–Kier alpha value is -6.51. The molecule has 4 heteroatoms. The first-order chi connectivity index (χ1) is 25.6. The molecule has 0 unspecified atom stereocenters. The highest BCUT2D eigenvalue weighted by Crippen LogP contribution is 2.38. The van der Waals surface area contributed by atoms with Gasteiger partial charge in [-0.15, -0.1) is 0 Å². The van der Waals surface area contributed by atoms with E-state index in [1.165, 1.54) is 66.1 Å². The van der Waals surface area contributed by atoms with E-state index in [-0.39, 0.29) is 0 Å². The molecule has 9 aromatic rings. The molecule has 0 fully saturated rings. The lowest BCUT2D eigenvalue weighted by atomic mass is 9.95. The molecule has 8 aromatic carbocycles. The van der Waals surface area contributed by atoms with Crippen molar-refractivity contribution in [1.82, 2.24) is 4.57 Å². The van der Waals surface area contributed by atoms with Crippen molar-refractivity contribution in [3.63, 3.8) is 0 Å². The molecule has 2 nitrogen and oxygen atoms in total. The fourth-order valence-corrected chi connectivity index (χ4v) is 7.40. The molecule has 0 bridgehead atoms. The third-order valence-electron chi connectivity index (χ3n) is 10.1. The molecule has 0 amide bonds. The SMILES string of the molecule is Bc1ccc(N(c2ccc(B)cc2)c2ccc(-c3ccc4c5ccccc5n(-c5cccc(-c6cccc(-c7ccccc7)c6)c5)c4c3)cc2)cc1. The standard InChI is InChI=1S/C48H36B2N2/c49-39-19-25-42(26-20-39)51(43-27-21-40(50)22-28-43)41-23-16-34(17-24-41)38-18-29-46-45-14-4-5-15-47(45)52(48(46)32-38)44-13-7-12-37(31-44)36-11-6-10-35(30-36)33-8-2-1-3-9-33/h1-32H,49-50H2. The van der Waals surface area contributed by atoms with E-state index in [0.717, 1.165) is 22.7 Å². The largest absolute Gasteiger partial charge is 0.311 e. The van der Waals surface area contributed by atoms with Crippen molar-refractivity contribution in [3.8, 4) is 39.1 Å². The second-order valence-corrected chi connectivity index (χ2v) is 13.6. The van der Waals surface area contributed by atoms with Gasteiger partial charge in [0, 0.05) is 33.5 Å². The second-order valence-electron chi connectivity index (χ2n) is 13.6. The molecule has 0 saturated carbocycles. The molecular formula is C48H36B2N2. The quantitative estimate of drug-likeness (QED) is 0.154. The van der Waals surface area contributed by atoms with Crippen LogP contribution >= 0.6 is 0 Å². The van der Waals surface area contributed by atoms with Crippen LogP contribution in [0.2, 0.25) is 0 Å². The van der Waals surface area contributed by atoms with Crippen LogP contribution in [0.5, 0.6) is 0 Å². The Labute approximate surface area is 307 Å². The zero-order valence-electron chi connectivity index (χ0n) is 29.4. The van der Waals surface area contributed by atoms with Gasteiger partial charge in [0.2, 0.25) is 0 Å². The van der Waals surface area contributed by atoms with Crippen LogP contribution in [0.3, 0.4) is 0 Å². The average Bonchev–Trinajstić information content (AvgIpc) is 3.54. The summed E-state index contributed by atoms with van der Waals surface area (Å²) in [6.45, 7) is 0. The first-order valence-electron chi connectivity index (χ1n) is 17.9. The first kappa shape index (κ1) is 31.5. The third-order valence-corrected chi connectivity index (χ3v) is 10.1. The molecule has 0 N–H and O–H groups in total. The summed E-state index contributed by atoms with van der Waals surface area (Å²) in [5.74, 6) is 0. The lowest BCUT2D eigenvalue weighted by Gasteiger charge is -2.26. The van der Waals surface area contributed by atoms with Crippen LogP contribution in [-0.4, -0.2) is 20.3 Å². The average molecular weight is 662 g/mol. The van der Waals surface area contributed by atoms with E-state index >= 15 is 0 Å². The molecule has 0 spiro atoms. The fourth-order valence-electron chi connectivity index (χ4n) is 7.40. The number of rotatable bonds is 7. The summed E-state index contributed by atoms with van der Waals surface area (Å²) in [6, 6.07) is 70.5. The smallest absolute Gasteiger partial charge is 0.139 e. The van der Waals surface area contributed by atoms with Crippen LogP contribution in [0.15, 0.2) is 194 Å². The summed E-state index contributed by atoms with van der Waals surface area (Å²) >= 11 is 0. The normalized spacial score (nSPS) is 11.2. The lowest BCUT2D eigenvalue weighted by molar-refractivity contribution is 1.18. The van der Waals surface area contributed by atoms with E-state index in [1.807, 2.05) is 0 Å². The second kappa shape index (κ2) is 13.3. The van der Waals surface area contributed by atoms with Crippen molar-refractivity contribution < 1.29 is 0 Å². The highest BCUT2D eigenvalue weighted by molar-refractivity contribution is 6.32. The van der Waals surface area contributed by atoms with Gasteiger partial charge in [-0.25, -0.2) is 0 Å². The van der Waals surface area contributed by atoms with E-state index in [4.69, 9.17) is 0 Å². The molecule has 0 saturated heterocycles. The molecule has 52 heavy (non-hydrogen) atoms. The van der Waals surface area contributed by atoms with Crippen molar-refractivity contribution >= 4 is 65.5 Å². The van der Waals surface area contributed by atoms with Crippen LogP contribution in [0.1, 0.15) is 0 Å². The van der Waals surface area contributed by atoms with E-state index in [0.29, 0.717) is 0 Å². The van der Waals surface area contributed by atoms with Gasteiger partial charge >= 0.3 is 0 Å². The van der Waals surface area contributed by atoms with Crippen molar-refractivity contribution in [2.75, 3.05) is 4.90 Å². The highest BCUT2D eigenvalue weighted by Gasteiger charge is 2.16. The van der Waals surface area contributed by atoms with Crippen molar-refractivity contribution in [3.05, 3.63) is 194 Å². The van der Waals surface area contributed by atoms with E-state index in [2.05, 4.69) is 219 Å². The van der Waals surface area contributed by atoms with Gasteiger partial charge in [0.1, 0.15) is 15.7 Å². The lowest BCUT2D eigenvalue weighted by Crippen LogP contribution is -2.12. The zero-order chi connectivity index (χ0) is 35.0. The number of fused-ring (bicyclic) bond motifs is 3. The Morgan fingerprint density at radius 1 is 0.327 bits per heavy atom. The number of para-hydroxylation sites is 1. The summed E-state index contributed by atoms with van der Waals surface area (Å²) in [7, 11) is 4.26. The Kier molecular flexibility index (Phi) is 8.06. The number of aromatic nitrogens is 1. The first-order valence-corrected chi connectivity index (χ1v) is 17.9. The molecule has 244 valence electrons. The van der Waals surface area contributed by atoms with Gasteiger partial charge in [-0.1, -0.05) is 138 Å². The molecule has 0 aliphatic rings. The molecule has 0 aliphatic heterocycles. The molecule has 1 heterocycles. The number of anilines is 3. The predicted octanol–water partition coefficient (Wildman–Crippen LogP) is 9.77. The van der Waals surface area contributed by atoms with E-state index in [9.17, 15) is 0 Å². The maximum Gasteiger partial charge on any atom is 0.139 e. The Balaban J connectivity index is 1.12. The molecule has 0 aliphatic carbocycles. The maximum absolute atomic E-state index is 2.42. The van der Waals surface area contributed by atoms with Gasteiger partial charge in [0.05, 0.1) is 11.0 Å². The monoisotopic (exact) mass is 662 g/mol. The van der Waals surface area contributed by atoms with E-state index in [1.54, 1.807) is 0 Å². The Bertz CT molecular complexity index is 2630. The molecular weight excluding hydrogens is 626 g/mol. The number of nitrogens with zero attached hydrogens (tertiary/aromatic N) is 2. The minimum absolute atomic E-state index is 1.12.